The van der Waals surface area contributed by atoms with Gasteiger partial charge in [-0.05, 0) is 40.0 Å². The molecule has 24 heavy (non-hydrogen) atoms. The zero-order valence-corrected chi connectivity index (χ0v) is 17.2. The molecule has 8 heteroatoms. The smallest absolute Gasteiger partial charge is 0.191 e. The third kappa shape index (κ3) is 6.35. The molecule has 1 aliphatic rings. The SMILES string of the molecule is CCNC(=NCC(C)(C)S(C)(=O)=O)NC1CCCC(S(=O)CC)C1. The van der Waals surface area contributed by atoms with Gasteiger partial charge in [-0.25, -0.2) is 8.42 Å². The molecule has 1 fully saturated rings. The van der Waals surface area contributed by atoms with E-state index >= 15 is 0 Å². The average molecular weight is 380 g/mol. The van der Waals surface area contributed by atoms with Gasteiger partial charge in [-0.3, -0.25) is 9.20 Å². The summed E-state index contributed by atoms with van der Waals surface area (Å²) in [5.74, 6) is 1.34. The molecule has 0 spiro atoms. The van der Waals surface area contributed by atoms with Crippen molar-refractivity contribution in [3.63, 3.8) is 0 Å². The first-order valence-electron chi connectivity index (χ1n) is 8.72. The van der Waals surface area contributed by atoms with Gasteiger partial charge in [-0.2, -0.15) is 0 Å². The molecule has 0 aliphatic heterocycles. The van der Waals surface area contributed by atoms with Crippen molar-refractivity contribution in [3.8, 4) is 0 Å². The third-order valence-corrected chi connectivity index (χ3v) is 8.47. The minimum Gasteiger partial charge on any atom is -0.357 e. The fourth-order valence-corrected chi connectivity index (χ4v) is 4.30. The van der Waals surface area contributed by atoms with Gasteiger partial charge in [0.25, 0.3) is 0 Å². The van der Waals surface area contributed by atoms with Crippen molar-refractivity contribution in [1.82, 2.24) is 10.6 Å². The number of sulfone groups is 1. The number of rotatable bonds is 7. The van der Waals surface area contributed by atoms with E-state index in [9.17, 15) is 12.6 Å². The first-order valence-corrected chi connectivity index (χ1v) is 12.0. The Morgan fingerprint density at radius 2 is 1.96 bits per heavy atom. The van der Waals surface area contributed by atoms with Crippen LogP contribution in [0.1, 0.15) is 53.4 Å². The van der Waals surface area contributed by atoms with Crippen LogP contribution >= 0.6 is 0 Å². The second-order valence-corrected chi connectivity index (χ2v) is 11.7. The Bertz CT molecular complexity index is 559. The lowest BCUT2D eigenvalue weighted by molar-refractivity contribution is 0.413. The quantitative estimate of drug-likeness (QED) is 0.516. The summed E-state index contributed by atoms with van der Waals surface area (Å²) >= 11 is 0. The Labute approximate surface area is 149 Å². The van der Waals surface area contributed by atoms with Gasteiger partial charge in [-0.15, -0.1) is 0 Å². The van der Waals surface area contributed by atoms with E-state index in [0.29, 0.717) is 18.3 Å². The first kappa shape index (κ1) is 21.4. The van der Waals surface area contributed by atoms with Crippen LogP contribution in [0.5, 0.6) is 0 Å². The molecule has 0 bridgehead atoms. The standard InChI is InChI=1S/C16H33N3O3S2/c1-6-17-15(18-12-16(3,4)24(5,21)22)19-13-9-8-10-14(11-13)23(20)7-2/h13-14H,6-12H2,1-5H3,(H2,17,18,19). The van der Waals surface area contributed by atoms with Gasteiger partial charge >= 0.3 is 0 Å². The zero-order valence-electron chi connectivity index (χ0n) is 15.6. The molecular formula is C16H33N3O3S2. The van der Waals surface area contributed by atoms with E-state index in [1.165, 1.54) is 6.26 Å². The van der Waals surface area contributed by atoms with E-state index in [4.69, 9.17) is 0 Å². The topological polar surface area (TPSA) is 87.6 Å². The van der Waals surface area contributed by atoms with Crippen molar-refractivity contribution >= 4 is 26.6 Å². The molecule has 1 aliphatic carbocycles. The lowest BCUT2D eigenvalue weighted by atomic mass is 9.95. The lowest BCUT2D eigenvalue weighted by Crippen LogP contribution is -2.47. The summed E-state index contributed by atoms with van der Waals surface area (Å²) in [5, 5.41) is 6.83. The number of nitrogens with one attached hydrogen (secondary N) is 2. The number of hydrogen-bond donors (Lipinski definition) is 2. The highest BCUT2D eigenvalue weighted by molar-refractivity contribution is 7.92. The summed E-state index contributed by atoms with van der Waals surface area (Å²) in [6, 6.07) is 0.235. The summed E-state index contributed by atoms with van der Waals surface area (Å²) in [5.41, 5.74) is 0. The van der Waals surface area contributed by atoms with Gasteiger partial charge in [0.1, 0.15) is 0 Å². The minimum absolute atomic E-state index is 0.207. The minimum atomic E-state index is -3.17. The van der Waals surface area contributed by atoms with Crippen LogP contribution in [0.3, 0.4) is 0 Å². The maximum Gasteiger partial charge on any atom is 0.191 e. The fraction of sp³-hybridized carbons (Fsp3) is 0.938. The summed E-state index contributed by atoms with van der Waals surface area (Å²) in [4.78, 5) is 4.48. The lowest BCUT2D eigenvalue weighted by Gasteiger charge is -2.30. The molecule has 0 aromatic carbocycles. The van der Waals surface area contributed by atoms with Gasteiger partial charge in [0, 0.05) is 40.6 Å². The molecule has 0 aromatic heterocycles. The molecule has 0 heterocycles. The molecule has 0 saturated heterocycles. The highest BCUT2D eigenvalue weighted by atomic mass is 32.2. The van der Waals surface area contributed by atoms with Crippen molar-refractivity contribution in [2.75, 3.05) is 25.1 Å². The average Bonchev–Trinajstić information content (AvgIpc) is 2.51. The van der Waals surface area contributed by atoms with Crippen molar-refractivity contribution in [1.29, 1.82) is 0 Å². The van der Waals surface area contributed by atoms with E-state index in [1.54, 1.807) is 13.8 Å². The highest BCUT2D eigenvalue weighted by Gasteiger charge is 2.30. The van der Waals surface area contributed by atoms with Gasteiger partial charge in [-0.1, -0.05) is 13.3 Å². The Hall–Kier alpha value is -0.630. The largest absolute Gasteiger partial charge is 0.357 e. The number of nitrogens with zero attached hydrogens (tertiary/aromatic N) is 1. The summed E-state index contributed by atoms with van der Waals surface area (Å²) in [6.07, 6.45) is 5.22. The molecular weight excluding hydrogens is 346 g/mol. The molecule has 1 rings (SSSR count). The second kappa shape index (κ2) is 9.17. The Morgan fingerprint density at radius 3 is 2.50 bits per heavy atom. The van der Waals surface area contributed by atoms with E-state index in [0.717, 1.165) is 25.7 Å². The summed E-state index contributed by atoms with van der Waals surface area (Å²) < 4.78 is 34.8. The number of hydrogen-bond acceptors (Lipinski definition) is 4. The summed E-state index contributed by atoms with van der Waals surface area (Å²) in [7, 11) is -3.93. The molecule has 1 saturated carbocycles. The van der Waals surface area contributed by atoms with Crippen LogP contribution in [0.15, 0.2) is 4.99 Å². The Balaban J connectivity index is 2.75. The van der Waals surface area contributed by atoms with Crippen molar-refractivity contribution in [3.05, 3.63) is 0 Å². The monoisotopic (exact) mass is 379 g/mol. The summed E-state index contributed by atoms with van der Waals surface area (Å²) in [6.45, 7) is 8.24. The van der Waals surface area contributed by atoms with E-state index in [-0.39, 0.29) is 17.8 Å². The second-order valence-electron chi connectivity index (χ2n) is 7.03. The van der Waals surface area contributed by atoms with Crippen LogP contribution in [-0.2, 0) is 20.6 Å². The van der Waals surface area contributed by atoms with Crippen LogP contribution in [0.25, 0.3) is 0 Å². The van der Waals surface area contributed by atoms with Gasteiger partial charge < -0.3 is 10.6 Å². The fourth-order valence-electron chi connectivity index (χ4n) is 2.65. The first-order chi connectivity index (χ1) is 11.1. The van der Waals surface area contributed by atoms with Crippen LogP contribution < -0.4 is 10.6 Å². The van der Waals surface area contributed by atoms with Crippen molar-refractivity contribution in [2.45, 2.75) is 69.4 Å². The van der Waals surface area contributed by atoms with Crippen LogP contribution in [-0.4, -0.2) is 59.7 Å². The predicted octanol–water partition coefficient (Wildman–Crippen LogP) is 1.44. The number of guanidine groups is 1. The normalized spacial score (nSPS) is 24.5. The molecule has 0 radical (unpaired) electrons. The maximum atomic E-state index is 12.1. The molecule has 142 valence electrons. The highest BCUT2D eigenvalue weighted by Crippen LogP contribution is 2.23. The third-order valence-electron chi connectivity index (χ3n) is 4.59. The Morgan fingerprint density at radius 1 is 1.29 bits per heavy atom. The van der Waals surface area contributed by atoms with Crippen LogP contribution in [0.4, 0.5) is 0 Å². The number of aliphatic imine (C=N–C) groups is 1. The van der Waals surface area contributed by atoms with E-state index in [2.05, 4.69) is 15.6 Å². The van der Waals surface area contributed by atoms with Crippen molar-refractivity contribution in [2.24, 2.45) is 4.99 Å². The Kier molecular flexibility index (Phi) is 8.19. The molecule has 0 aromatic rings. The van der Waals surface area contributed by atoms with Crippen molar-refractivity contribution < 1.29 is 12.6 Å². The van der Waals surface area contributed by atoms with Gasteiger partial charge in [0.2, 0.25) is 0 Å². The van der Waals surface area contributed by atoms with Crippen LogP contribution in [0.2, 0.25) is 0 Å². The van der Waals surface area contributed by atoms with E-state index < -0.39 is 25.4 Å². The molecule has 6 nitrogen and oxygen atoms in total. The molecule has 3 unspecified atom stereocenters. The van der Waals surface area contributed by atoms with Gasteiger partial charge in [0.05, 0.1) is 11.3 Å². The van der Waals surface area contributed by atoms with E-state index in [1.807, 2.05) is 13.8 Å². The maximum absolute atomic E-state index is 12.1. The zero-order chi connectivity index (χ0) is 18.4. The predicted molar refractivity (Wildman–Crippen MR) is 103 cm³/mol. The van der Waals surface area contributed by atoms with Gasteiger partial charge in [0.15, 0.2) is 15.8 Å². The molecule has 0 amide bonds. The molecule has 2 N–H and O–H groups in total. The van der Waals surface area contributed by atoms with Crippen LogP contribution in [0, 0.1) is 0 Å². The molecule has 3 atom stereocenters.